The van der Waals surface area contributed by atoms with Gasteiger partial charge in [-0.15, -0.1) is 0 Å². The van der Waals surface area contributed by atoms with Gasteiger partial charge in [0.2, 0.25) is 10.0 Å². The number of esters is 1. The van der Waals surface area contributed by atoms with E-state index in [2.05, 4.69) is 14.4 Å². The molecule has 0 spiro atoms. The lowest BCUT2D eigenvalue weighted by molar-refractivity contribution is 0.0599. The number of aromatic nitrogens is 1. The third-order valence-electron chi connectivity index (χ3n) is 3.14. The highest BCUT2D eigenvalue weighted by Gasteiger charge is 2.18. The molecule has 0 aliphatic carbocycles. The molecule has 116 valence electrons. The number of hydrogen-bond donors (Lipinski definition) is 1. The molecule has 0 amide bonds. The van der Waals surface area contributed by atoms with E-state index in [1.165, 1.54) is 19.2 Å². The van der Waals surface area contributed by atoms with Gasteiger partial charge in [0.05, 0.1) is 17.6 Å². The SMILES string of the molecule is COC(=O)c1cc(S(=O)(=O)NCc2ccncc2)ccc1C. The van der Waals surface area contributed by atoms with Gasteiger partial charge < -0.3 is 4.74 Å². The number of nitrogens with zero attached hydrogens (tertiary/aromatic N) is 1. The van der Waals surface area contributed by atoms with Crippen LogP contribution in [0.4, 0.5) is 0 Å². The number of sulfonamides is 1. The zero-order valence-corrected chi connectivity index (χ0v) is 13.1. The summed E-state index contributed by atoms with van der Waals surface area (Å²) in [5.74, 6) is -0.566. The second kappa shape index (κ2) is 6.67. The first-order valence-corrected chi connectivity index (χ1v) is 8.00. The molecule has 0 saturated heterocycles. The number of nitrogens with one attached hydrogen (secondary N) is 1. The average Bonchev–Trinajstić information content (AvgIpc) is 2.53. The van der Waals surface area contributed by atoms with Gasteiger partial charge in [0.25, 0.3) is 0 Å². The predicted octanol–water partition coefficient (Wildman–Crippen LogP) is 1.66. The number of pyridine rings is 1. The summed E-state index contributed by atoms with van der Waals surface area (Å²) in [6, 6.07) is 7.79. The summed E-state index contributed by atoms with van der Waals surface area (Å²) in [7, 11) is -2.46. The highest BCUT2D eigenvalue weighted by Crippen LogP contribution is 2.16. The summed E-state index contributed by atoms with van der Waals surface area (Å²) in [5, 5.41) is 0. The molecule has 6 nitrogen and oxygen atoms in total. The van der Waals surface area contributed by atoms with Crippen LogP contribution in [0.25, 0.3) is 0 Å². The van der Waals surface area contributed by atoms with E-state index in [0.717, 1.165) is 5.56 Å². The highest BCUT2D eigenvalue weighted by atomic mass is 32.2. The van der Waals surface area contributed by atoms with Crippen molar-refractivity contribution in [2.45, 2.75) is 18.4 Å². The van der Waals surface area contributed by atoms with Crippen LogP contribution < -0.4 is 4.72 Å². The van der Waals surface area contributed by atoms with Crippen molar-refractivity contribution in [1.82, 2.24) is 9.71 Å². The Balaban J connectivity index is 2.24. The van der Waals surface area contributed by atoms with Crippen molar-refractivity contribution >= 4 is 16.0 Å². The summed E-state index contributed by atoms with van der Waals surface area (Å²) in [6.07, 6.45) is 3.18. The van der Waals surface area contributed by atoms with Crippen molar-refractivity contribution in [3.8, 4) is 0 Å². The second-order valence-corrected chi connectivity index (χ2v) is 6.42. The molecule has 2 aromatic rings. The van der Waals surface area contributed by atoms with E-state index in [9.17, 15) is 13.2 Å². The van der Waals surface area contributed by atoms with Crippen LogP contribution in [-0.2, 0) is 21.3 Å². The summed E-state index contributed by atoms with van der Waals surface area (Å²) < 4.78 is 31.7. The molecule has 2 rings (SSSR count). The van der Waals surface area contributed by atoms with Crippen molar-refractivity contribution in [2.75, 3.05) is 7.11 Å². The molecule has 0 radical (unpaired) electrons. The number of aryl methyl sites for hydroxylation is 1. The Hall–Kier alpha value is -2.25. The van der Waals surface area contributed by atoms with E-state index in [-0.39, 0.29) is 17.0 Å². The molecule has 7 heteroatoms. The second-order valence-electron chi connectivity index (χ2n) is 4.65. The van der Waals surface area contributed by atoms with Crippen molar-refractivity contribution in [3.05, 3.63) is 59.4 Å². The van der Waals surface area contributed by atoms with Gasteiger partial charge in [0.15, 0.2) is 0 Å². The van der Waals surface area contributed by atoms with E-state index in [4.69, 9.17) is 0 Å². The van der Waals surface area contributed by atoms with Gasteiger partial charge in [-0.1, -0.05) is 6.07 Å². The van der Waals surface area contributed by atoms with Crippen LogP contribution >= 0.6 is 0 Å². The average molecular weight is 320 g/mol. The van der Waals surface area contributed by atoms with Gasteiger partial charge >= 0.3 is 5.97 Å². The maximum atomic E-state index is 12.3. The molecule has 1 heterocycles. The van der Waals surface area contributed by atoms with Crippen molar-refractivity contribution in [3.63, 3.8) is 0 Å². The Morgan fingerprint density at radius 3 is 2.55 bits per heavy atom. The van der Waals surface area contributed by atoms with Gasteiger partial charge in [-0.2, -0.15) is 0 Å². The third kappa shape index (κ3) is 3.69. The predicted molar refractivity (Wildman–Crippen MR) is 80.8 cm³/mol. The van der Waals surface area contributed by atoms with E-state index in [1.807, 2.05) is 0 Å². The minimum absolute atomic E-state index is 0.0209. The van der Waals surface area contributed by atoms with Crippen LogP contribution in [0.15, 0.2) is 47.6 Å². The van der Waals surface area contributed by atoms with E-state index < -0.39 is 16.0 Å². The minimum atomic E-state index is -3.72. The number of carbonyl (C=O) groups is 1. The lowest BCUT2D eigenvalue weighted by Crippen LogP contribution is -2.23. The highest BCUT2D eigenvalue weighted by molar-refractivity contribution is 7.89. The molecule has 0 aliphatic rings. The van der Waals surface area contributed by atoms with Crippen LogP contribution in [0.5, 0.6) is 0 Å². The first kappa shape index (κ1) is 16.1. The number of carbonyl (C=O) groups excluding carboxylic acids is 1. The fraction of sp³-hybridized carbons (Fsp3) is 0.200. The zero-order valence-electron chi connectivity index (χ0n) is 12.2. The number of hydrogen-bond acceptors (Lipinski definition) is 5. The molecular formula is C15H16N2O4S. The molecule has 0 atom stereocenters. The van der Waals surface area contributed by atoms with Gasteiger partial charge in [-0.05, 0) is 42.3 Å². The largest absolute Gasteiger partial charge is 0.465 e. The normalized spacial score (nSPS) is 11.2. The number of ether oxygens (including phenoxy) is 1. The molecule has 0 bridgehead atoms. The molecule has 22 heavy (non-hydrogen) atoms. The molecule has 1 aromatic heterocycles. The molecule has 0 fully saturated rings. The lowest BCUT2D eigenvalue weighted by atomic mass is 10.1. The van der Waals surface area contributed by atoms with Gasteiger partial charge in [-0.25, -0.2) is 17.9 Å². The third-order valence-corrected chi connectivity index (χ3v) is 4.54. The Morgan fingerprint density at radius 1 is 1.23 bits per heavy atom. The van der Waals surface area contributed by atoms with Gasteiger partial charge in [0.1, 0.15) is 0 Å². The van der Waals surface area contributed by atoms with Crippen molar-refractivity contribution in [2.24, 2.45) is 0 Å². The first-order valence-electron chi connectivity index (χ1n) is 6.51. The Kier molecular flexibility index (Phi) is 4.89. The topological polar surface area (TPSA) is 85.4 Å². The van der Waals surface area contributed by atoms with Crippen LogP contribution in [0.3, 0.4) is 0 Å². The summed E-state index contributed by atoms with van der Waals surface area (Å²) in [4.78, 5) is 15.5. The van der Waals surface area contributed by atoms with E-state index in [0.29, 0.717) is 5.56 Å². The van der Waals surface area contributed by atoms with Crippen molar-refractivity contribution in [1.29, 1.82) is 0 Å². The Morgan fingerprint density at radius 2 is 1.91 bits per heavy atom. The minimum Gasteiger partial charge on any atom is -0.465 e. The first-order chi connectivity index (χ1) is 10.4. The smallest absolute Gasteiger partial charge is 0.338 e. The fourth-order valence-electron chi connectivity index (χ4n) is 1.86. The standard InChI is InChI=1S/C15H16N2O4S/c1-11-3-4-13(9-14(11)15(18)21-2)22(19,20)17-10-12-5-7-16-8-6-12/h3-9,17H,10H2,1-2H3. The zero-order chi connectivity index (χ0) is 16.2. The quantitative estimate of drug-likeness (QED) is 0.847. The summed E-state index contributed by atoms with van der Waals surface area (Å²) in [6.45, 7) is 1.86. The number of rotatable bonds is 5. The van der Waals surface area contributed by atoms with Crippen LogP contribution in [0.2, 0.25) is 0 Å². The van der Waals surface area contributed by atoms with Gasteiger partial charge in [-0.3, -0.25) is 4.98 Å². The fourth-order valence-corrected chi connectivity index (χ4v) is 2.90. The maximum absolute atomic E-state index is 12.3. The van der Waals surface area contributed by atoms with Crippen LogP contribution in [0.1, 0.15) is 21.5 Å². The maximum Gasteiger partial charge on any atom is 0.338 e. The van der Waals surface area contributed by atoms with E-state index in [1.54, 1.807) is 37.5 Å². The molecule has 0 unspecified atom stereocenters. The lowest BCUT2D eigenvalue weighted by Gasteiger charge is -2.09. The summed E-state index contributed by atoms with van der Waals surface area (Å²) in [5.41, 5.74) is 1.67. The number of benzene rings is 1. The molecule has 0 aliphatic heterocycles. The Labute approximate surface area is 129 Å². The van der Waals surface area contributed by atoms with Gasteiger partial charge in [0, 0.05) is 18.9 Å². The molecule has 0 saturated carbocycles. The van der Waals surface area contributed by atoms with E-state index >= 15 is 0 Å². The summed E-state index contributed by atoms with van der Waals surface area (Å²) >= 11 is 0. The Bertz CT molecular complexity index is 773. The molecular weight excluding hydrogens is 304 g/mol. The number of methoxy groups -OCH3 is 1. The van der Waals surface area contributed by atoms with Crippen LogP contribution in [-0.4, -0.2) is 26.5 Å². The van der Waals surface area contributed by atoms with Crippen LogP contribution in [0, 0.1) is 6.92 Å². The molecule has 1 N–H and O–H groups in total. The monoisotopic (exact) mass is 320 g/mol. The van der Waals surface area contributed by atoms with Crippen molar-refractivity contribution < 1.29 is 17.9 Å². The molecule has 1 aromatic carbocycles.